The van der Waals surface area contributed by atoms with Gasteiger partial charge in [0, 0.05) is 23.7 Å². The van der Waals surface area contributed by atoms with Gasteiger partial charge >= 0.3 is 24.2 Å². The molecule has 0 aliphatic heterocycles. The molecule has 8 atom stereocenters. The number of hydrogen-bond donors (Lipinski definition) is 1. The molecule has 1 N–H and O–H groups in total. The molecule has 2 aromatic carbocycles. The van der Waals surface area contributed by atoms with Gasteiger partial charge in [-0.2, -0.15) is 0 Å². The highest BCUT2D eigenvalue weighted by atomic mass is 35.6. The summed E-state index contributed by atoms with van der Waals surface area (Å²) >= 11 is 34.0. The number of ketones is 2. The predicted molar refractivity (Wildman–Crippen MR) is 296 cm³/mol. The van der Waals surface area contributed by atoms with E-state index in [2.05, 4.69) is 0 Å². The molecule has 15 nitrogen and oxygen atoms in total. The minimum absolute atomic E-state index is 0.0648. The zero-order chi connectivity index (χ0) is 58.6. The first-order valence-electron chi connectivity index (χ1n) is 24.9. The van der Waals surface area contributed by atoms with Crippen molar-refractivity contribution in [1.29, 1.82) is 0 Å². The number of carbonyl (C=O) groups is 6. The molecule has 0 fully saturated rings. The first-order valence-corrected chi connectivity index (χ1v) is 27.2. The van der Waals surface area contributed by atoms with E-state index in [4.69, 9.17) is 108 Å². The molecule has 2 rings (SSSR count). The number of benzene rings is 2. The van der Waals surface area contributed by atoms with Crippen LogP contribution in [0.1, 0.15) is 128 Å². The average Bonchev–Trinajstić information content (AvgIpc) is 3.29. The van der Waals surface area contributed by atoms with Gasteiger partial charge in [0.15, 0.2) is 0 Å². The number of carbonyl (C=O) groups excluding carboxylic acids is 6. The van der Waals surface area contributed by atoms with Crippen molar-refractivity contribution in [3.05, 3.63) is 71.8 Å². The Labute approximate surface area is 480 Å². The summed E-state index contributed by atoms with van der Waals surface area (Å²) in [6.07, 6.45) is -5.74. The van der Waals surface area contributed by atoms with Gasteiger partial charge in [-0.3, -0.25) is 19.2 Å². The summed E-state index contributed by atoms with van der Waals surface area (Å²) in [5.41, 5.74) is -1.72. The number of rotatable bonds is 26. The lowest BCUT2D eigenvalue weighted by molar-refractivity contribution is -0.161. The number of aliphatic hydroxyl groups excluding tert-OH is 1. The van der Waals surface area contributed by atoms with E-state index < -0.39 is 103 Å². The maximum Gasteiger partial charge on any atom is 0.508 e. The van der Waals surface area contributed by atoms with E-state index in [0.717, 1.165) is 11.1 Å². The van der Waals surface area contributed by atoms with Gasteiger partial charge < -0.3 is 43.0 Å². The number of ether oxygens (including phenoxy) is 8. The summed E-state index contributed by atoms with van der Waals surface area (Å²) in [6.45, 7) is 25.7. The quantitative estimate of drug-likeness (QED) is 0.0530. The smallest absolute Gasteiger partial charge is 0.460 e. The van der Waals surface area contributed by atoms with Crippen LogP contribution in [0.25, 0.3) is 0 Å². The Hall–Kier alpha value is -3.12. The standard InChI is InChI=1S/C28H41Cl3O7.C27H39Cl3O8/c1-18(15-35-16-21-12-10-9-11-13-21)23(37-25(34)36-17-28(29,30)31)20(3)24(33)27(7,8)19(2)14-22(32)38-26(4,5)6;1-17(14-35-15-19-11-9-8-10-12-19)22(37-24(34)36-16-27(28,29)30)18(2)23(33)26(6,7)20(31)13-21(32)38-25(3,4)5/h9-13,18-20,23H,14-17H2,1-8H3;8-12,17-18,20,22,31H,13-16H2,1-7H3/t18-,19-,20+,23-;17-,18+,20-,22-/m00/s1. The van der Waals surface area contributed by atoms with Crippen LogP contribution in [0.2, 0.25) is 0 Å². The molecule has 0 aliphatic carbocycles. The van der Waals surface area contributed by atoms with Crippen LogP contribution in [-0.4, -0.2) is 104 Å². The average molecular weight is 1190 g/mol. The van der Waals surface area contributed by atoms with Crippen LogP contribution in [-0.2, 0) is 70.3 Å². The molecule has 0 unspecified atom stereocenters. The van der Waals surface area contributed by atoms with Crippen molar-refractivity contribution in [3.8, 4) is 0 Å². The topological polar surface area (TPSA) is 196 Å². The molecule has 0 saturated carbocycles. The van der Waals surface area contributed by atoms with Crippen LogP contribution in [0.4, 0.5) is 9.59 Å². The Kier molecular flexibility index (Phi) is 29.5. The minimum atomic E-state index is -1.84. The molecular weight excluding hydrogens is 1110 g/mol. The van der Waals surface area contributed by atoms with Crippen molar-refractivity contribution in [2.24, 2.45) is 40.4 Å². The molecule has 432 valence electrons. The van der Waals surface area contributed by atoms with E-state index >= 15 is 0 Å². The third-order valence-electron chi connectivity index (χ3n) is 12.1. The highest BCUT2D eigenvalue weighted by Gasteiger charge is 2.46. The van der Waals surface area contributed by atoms with Crippen LogP contribution in [0.15, 0.2) is 60.7 Å². The van der Waals surface area contributed by atoms with Gasteiger partial charge in [-0.15, -0.1) is 0 Å². The van der Waals surface area contributed by atoms with Gasteiger partial charge in [-0.1, -0.05) is 193 Å². The monoisotopic (exact) mass is 1190 g/mol. The first-order chi connectivity index (χ1) is 34.7. The van der Waals surface area contributed by atoms with Crippen molar-refractivity contribution < 1.29 is 71.8 Å². The van der Waals surface area contributed by atoms with Crippen molar-refractivity contribution >= 4 is 105 Å². The maximum atomic E-state index is 13.7. The Morgan fingerprint density at radius 2 is 0.829 bits per heavy atom. The van der Waals surface area contributed by atoms with Gasteiger partial charge in [-0.05, 0) is 58.6 Å². The van der Waals surface area contributed by atoms with E-state index in [9.17, 15) is 33.9 Å². The third-order valence-corrected chi connectivity index (χ3v) is 12.8. The van der Waals surface area contributed by atoms with Crippen LogP contribution in [0.5, 0.6) is 0 Å². The van der Waals surface area contributed by atoms with E-state index in [1.54, 1.807) is 76.2 Å². The summed E-state index contributed by atoms with van der Waals surface area (Å²) in [5, 5.41) is 10.8. The van der Waals surface area contributed by atoms with Crippen molar-refractivity contribution in [1.82, 2.24) is 0 Å². The first kappa shape index (κ1) is 70.9. The van der Waals surface area contributed by atoms with Gasteiger partial charge in [-0.25, -0.2) is 9.59 Å². The SMILES string of the molecule is C[C@@H](COCc1ccccc1)[C@H](OC(=O)OCC(Cl)(Cl)Cl)[C@@H](C)C(=O)C(C)(C)[C@@H](C)CC(=O)OC(C)(C)C.C[C@@H](COCc1ccccc1)[C@H](OC(=O)OCC(Cl)(Cl)Cl)[C@@H](C)C(=O)C(C)(C)[C@@H](O)CC(=O)OC(C)(C)C. The highest BCUT2D eigenvalue weighted by molar-refractivity contribution is 6.68. The van der Waals surface area contributed by atoms with Gasteiger partial charge in [0.1, 0.15) is 48.2 Å². The number of hydrogen-bond acceptors (Lipinski definition) is 15. The molecule has 0 aromatic heterocycles. The van der Waals surface area contributed by atoms with Crippen LogP contribution < -0.4 is 0 Å². The largest absolute Gasteiger partial charge is 0.508 e. The van der Waals surface area contributed by atoms with Crippen LogP contribution in [0.3, 0.4) is 0 Å². The zero-order valence-electron chi connectivity index (χ0n) is 46.5. The second-order valence-electron chi connectivity index (χ2n) is 22.2. The molecular formula is C55H80Cl6O15. The lowest BCUT2D eigenvalue weighted by Crippen LogP contribution is -2.47. The fourth-order valence-corrected chi connectivity index (χ4v) is 7.95. The number of aliphatic hydroxyl groups is 1. The van der Waals surface area contributed by atoms with Gasteiger partial charge in [0.25, 0.3) is 0 Å². The molecule has 76 heavy (non-hydrogen) atoms. The molecule has 0 bridgehead atoms. The van der Waals surface area contributed by atoms with Crippen molar-refractivity contribution in [2.45, 2.75) is 167 Å². The summed E-state index contributed by atoms with van der Waals surface area (Å²) in [4.78, 5) is 76.8. The minimum Gasteiger partial charge on any atom is -0.460 e. The molecule has 0 saturated heterocycles. The summed E-state index contributed by atoms with van der Waals surface area (Å²) in [5.74, 6) is -4.46. The maximum absolute atomic E-state index is 13.7. The van der Waals surface area contributed by atoms with Gasteiger partial charge in [0.05, 0.1) is 56.2 Å². The fourth-order valence-electron chi connectivity index (χ4n) is 7.62. The van der Waals surface area contributed by atoms with Crippen molar-refractivity contribution in [3.63, 3.8) is 0 Å². The second kappa shape index (κ2) is 31.6. The van der Waals surface area contributed by atoms with Gasteiger partial charge in [0.2, 0.25) is 7.59 Å². The molecule has 21 heteroatoms. The molecule has 0 amide bonds. The normalized spacial score (nSPS) is 15.7. The van der Waals surface area contributed by atoms with Crippen molar-refractivity contribution in [2.75, 3.05) is 26.4 Å². The molecule has 0 heterocycles. The Balaban J connectivity index is 0.000000760. The van der Waals surface area contributed by atoms with E-state index in [-0.39, 0.29) is 49.6 Å². The van der Waals surface area contributed by atoms with Crippen LogP contribution >= 0.6 is 69.6 Å². The summed E-state index contributed by atoms with van der Waals surface area (Å²) < 4.78 is 39.7. The molecule has 0 radical (unpaired) electrons. The molecule has 2 aromatic rings. The lowest BCUT2D eigenvalue weighted by atomic mass is 9.69. The Bertz CT molecular complexity index is 1970. The molecule has 0 aliphatic rings. The number of halogens is 6. The fraction of sp³-hybridized carbons (Fsp3) is 0.673. The van der Waals surface area contributed by atoms with Crippen LogP contribution in [0, 0.1) is 40.4 Å². The highest BCUT2D eigenvalue weighted by Crippen LogP contribution is 2.37. The number of esters is 2. The summed E-state index contributed by atoms with van der Waals surface area (Å²) in [6, 6.07) is 19.1. The van der Waals surface area contributed by atoms with E-state index in [0.29, 0.717) is 13.2 Å². The van der Waals surface area contributed by atoms with E-state index in [1.165, 1.54) is 13.8 Å². The van der Waals surface area contributed by atoms with E-state index in [1.807, 2.05) is 74.5 Å². The lowest BCUT2D eigenvalue weighted by Gasteiger charge is -2.36. The Morgan fingerprint density at radius 3 is 1.16 bits per heavy atom. The Morgan fingerprint density at radius 1 is 0.500 bits per heavy atom. The third kappa shape index (κ3) is 28.2. The number of Topliss-reactive ketones (excluding diaryl/α,β-unsaturated/α-hetero) is 2. The molecule has 0 spiro atoms. The predicted octanol–water partition coefficient (Wildman–Crippen LogP) is 13.4. The number of alkyl halides is 6. The zero-order valence-corrected chi connectivity index (χ0v) is 51.0. The summed E-state index contributed by atoms with van der Waals surface area (Å²) in [7, 11) is 0. The second-order valence-corrected chi connectivity index (χ2v) is 27.2.